The van der Waals surface area contributed by atoms with Crippen molar-refractivity contribution in [2.75, 3.05) is 12.3 Å². The Morgan fingerprint density at radius 3 is 2.88 bits per heavy atom. The highest BCUT2D eigenvalue weighted by Crippen LogP contribution is 2.20. The maximum atomic E-state index is 11.7. The molecule has 0 aliphatic carbocycles. The van der Waals surface area contributed by atoms with Gasteiger partial charge in [-0.2, -0.15) is 0 Å². The van der Waals surface area contributed by atoms with Crippen molar-refractivity contribution >= 4 is 27.6 Å². The summed E-state index contributed by atoms with van der Waals surface area (Å²) in [5.41, 5.74) is 6.65. The summed E-state index contributed by atoms with van der Waals surface area (Å²) in [4.78, 5) is 11.7. The van der Waals surface area contributed by atoms with Gasteiger partial charge in [0.15, 0.2) is 0 Å². The van der Waals surface area contributed by atoms with E-state index in [0.29, 0.717) is 28.2 Å². The number of carbonyl (C=O) groups excluding carboxylic acids is 1. The molecule has 1 aromatic carbocycles. The van der Waals surface area contributed by atoms with Crippen LogP contribution >= 0.6 is 15.9 Å². The maximum Gasteiger partial charge on any atom is 0.339 e. The molecule has 1 atom stereocenters. The van der Waals surface area contributed by atoms with E-state index >= 15 is 0 Å². The molecule has 0 aliphatic rings. The van der Waals surface area contributed by atoms with Gasteiger partial charge in [0.2, 0.25) is 0 Å². The topological polar surface area (TPSA) is 52.3 Å². The van der Waals surface area contributed by atoms with Crippen LogP contribution in [-0.2, 0) is 4.74 Å². The lowest BCUT2D eigenvalue weighted by Crippen LogP contribution is -2.12. The number of rotatable bonds is 4. The van der Waals surface area contributed by atoms with Gasteiger partial charge in [0.1, 0.15) is 0 Å². The summed E-state index contributed by atoms with van der Waals surface area (Å²) in [5, 5.41) is 0. The Morgan fingerprint density at radius 2 is 2.25 bits per heavy atom. The molecule has 0 bridgehead atoms. The minimum absolute atomic E-state index is 0.334. The molecule has 0 heterocycles. The smallest absolute Gasteiger partial charge is 0.339 e. The van der Waals surface area contributed by atoms with Crippen molar-refractivity contribution < 1.29 is 9.53 Å². The highest BCUT2D eigenvalue weighted by molar-refractivity contribution is 9.10. The van der Waals surface area contributed by atoms with Crippen LogP contribution in [0.5, 0.6) is 0 Å². The number of halogens is 1. The Labute approximate surface area is 104 Å². The fraction of sp³-hybridized carbons (Fsp3) is 0.417. The lowest BCUT2D eigenvalue weighted by molar-refractivity contribution is 0.0446. The van der Waals surface area contributed by atoms with E-state index in [1.165, 1.54) is 0 Å². The number of ether oxygens (including phenoxy) is 1. The first-order valence-corrected chi connectivity index (χ1v) is 6.06. The largest absolute Gasteiger partial charge is 0.462 e. The lowest BCUT2D eigenvalue weighted by Gasteiger charge is -2.10. The number of hydrogen-bond donors (Lipinski definition) is 1. The van der Waals surface area contributed by atoms with Gasteiger partial charge >= 0.3 is 5.97 Å². The number of hydrogen-bond acceptors (Lipinski definition) is 3. The van der Waals surface area contributed by atoms with Crippen molar-refractivity contribution in [3.63, 3.8) is 0 Å². The van der Waals surface area contributed by atoms with Crippen LogP contribution in [0.1, 0.15) is 30.6 Å². The van der Waals surface area contributed by atoms with Gasteiger partial charge in [0.05, 0.1) is 12.2 Å². The van der Waals surface area contributed by atoms with Crippen LogP contribution in [0.2, 0.25) is 0 Å². The normalized spacial score (nSPS) is 12.2. The number of esters is 1. The van der Waals surface area contributed by atoms with E-state index in [0.717, 1.165) is 6.42 Å². The minimum atomic E-state index is -0.334. The summed E-state index contributed by atoms with van der Waals surface area (Å²) >= 11 is 3.30. The molecule has 2 N–H and O–H groups in total. The fourth-order valence-corrected chi connectivity index (χ4v) is 1.52. The van der Waals surface area contributed by atoms with Crippen LogP contribution < -0.4 is 5.73 Å². The summed E-state index contributed by atoms with van der Waals surface area (Å²) in [6.07, 6.45) is 0.991. The van der Waals surface area contributed by atoms with Crippen molar-refractivity contribution in [2.45, 2.75) is 20.3 Å². The van der Waals surface area contributed by atoms with Gasteiger partial charge in [0.25, 0.3) is 0 Å². The van der Waals surface area contributed by atoms with Crippen molar-refractivity contribution in [1.29, 1.82) is 0 Å². The first kappa shape index (κ1) is 13.0. The van der Waals surface area contributed by atoms with Crippen molar-refractivity contribution in [3.05, 3.63) is 28.2 Å². The molecule has 1 aromatic rings. The number of carbonyl (C=O) groups is 1. The van der Waals surface area contributed by atoms with Crippen molar-refractivity contribution in [3.8, 4) is 0 Å². The first-order valence-electron chi connectivity index (χ1n) is 5.26. The Bertz CT molecular complexity index is 379. The second kappa shape index (κ2) is 5.89. The monoisotopic (exact) mass is 285 g/mol. The van der Waals surface area contributed by atoms with E-state index in [4.69, 9.17) is 10.5 Å². The zero-order valence-corrected chi connectivity index (χ0v) is 11.1. The number of nitrogen functional groups attached to an aromatic ring is 1. The Morgan fingerprint density at radius 1 is 1.56 bits per heavy atom. The Kier molecular flexibility index (Phi) is 4.80. The van der Waals surface area contributed by atoms with Crippen LogP contribution in [0.3, 0.4) is 0 Å². The average Bonchev–Trinajstić information content (AvgIpc) is 2.28. The number of nitrogens with two attached hydrogens (primary N) is 1. The average molecular weight is 286 g/mol. The SMILES string of the molecule is CCC(C)COC(=O)c1cc(N)ccc1Br. The highest BCUT2D eigenvalue weighted by Gasteiger charge is 2.12. The number of anilines is 1. The Hall–Kier alpha value is -1.03. The zero-order chi connectivity index (χ0) is 12.1. The van der Waals surface area contributed by atoms with Crippen LogP contribution in [0.25, 0.3) is 0 Å². The summed E-state index contributed by atoms with van der Waals surface area (Å²) in [7, 11) is 0. The molecule has 88 valence electrons. The van der Waals surface area contributed by atoms with E-state index in [1.807, 2.05) is 6.92 Å². The summed E-state index contributed by atoms with van der Waals surface area (Å²) in [6.45, 7) is 4.55. The molecule has 0 fully saturated rings. The van der Waals surface area contributed by atoms with Gasteiger partial charge < -0.3 is 10.5 Å². The van der Waals surface area contributed by atoms with E-state index in [-0.39, 0.29) is 5.97 Å². The predicted molar refractivity (Wildman–Crippen MR) is 68.3 cm³/mol. The highest BCUT2D eigenvalue weighted by atomic mass is 79.9. The number of benzene rings is 1. The molecule has 0 aliphatic heterocycles. The van der Waals surface area contributed by atoms with E-state index < -0.39 is 0 Å². The van der Waals surface area contributed by atoms with Gasteiger partial charge in [-0.3, -0.25) is 0 Å². The molecular weight excluding hydrogens is 270 g/mol. The van der Waals surface area contributed by atoms with Crippen LogP contribution in [0.15, 0.2) is 22.7 Å². The molecule has 3 nitrogen and oxygen atoms in total. The van der Waals surface area contributed by atoms with Crippen LogP contribution in [0.4, 0.5) is 5.69 Å². The summed E-state index contributed by atoms with van der Waals surface area (Å²) in [6, 6.07) is 5.09. The quantitative estimate of drug-likeness (QED) is 0.683. The summed E-state index contributed by atoms with van der Waals surface area (Å²) in [5.74, 6) is 0.0447. The molecule has 0 amide bonds. The molecule has 1 rings (SSSR count). The lowest BCUT2D eigenvalue weighted by atomic mass is 10.1. The van der Waals surface area contributed by atoms with E-state index in [9.17, 15) is 4.79 Å². The maximum absolute atomic E-state index is 11.7. The van der Waals surface area contributed by atoms with Gasteiger partial charge in [-0.1, -0.05) is 20.3 Å². The molecule has 0 radical (unpaired) electrons. The van der Waals surface area contributed by atoms with Gasteiger partial charge in [-0.15, -0.1) is 0 Å². The van der Waals surface area contributed by atoms with Crippen molar-refractivity contribution in [2.24, 2.45) is 5.92 Å². The third-order valence-corrected chi connectivity index (χ3v) is 3.10. The second-order valence-electron chi connectivity index (χ2n) is 3.85. The Balaban J connectivity index is 2.69. The van der Waals surface area contributed by atoms with Gasteiger partial charge in [-0.25, -0.2) is 4.79 Å². The first-order chi connectivity index (χ1) is 7.54. The molecular formula is C12H16BrNO2. The molecule has 0 aromatic heterocycles. The molecule has 0 saturated heterocycles. The third kappa shape index (κ3) is 3.52. The van der Waals surface area contributed by atoms with E-state index in [2.05, 4.69) is 22.9 Å². The standard InChI is InChI=1S/C12H16BrNO2/c1-3-8(2)7-16-12(15)10-6-9(14)4-5-11(10)13/h4-6,8H,3,7,14H2,1-2H3. The van der Waals surface area contributed by atoms with Gasteiger partial charge in [0, 0.05) is 10.2 Å². The molecule has 4 heteroatoms. The zero-order valence-electron chi connectivity index (χ0n) is 9.50. The summed E-state index contributed by atoms with van der Waals surface area (Å²) < 4.78 is 5.90. The van der Waals surface area contributed by atoms with Crippen molar-refractivity contribution in [1.82, 2.24) is 0 Å². The second-order valence-corrected chi connectivity index (χ2v) is 4.71. The van der Waals surface area contributed by atoms with Crippen LogP contribution in [-0.4, -0.2) is 12.6 Å². The van der Waals surface area contributed by atoms with Crippen LogP contribution in [0, 0.1) is 5.92 Å². The van der Waals surface area contributed by atoms with Gasteiger partial charge in [-0.05, 0) is 40.0 Å². The van der Waals surface area contributed by atoms with E-state index in [1.54, 1.807) is 18.2 Å². The molecule has 16 heavy (non-hydrogen) atoms. The predicted octanol–water partition coefficient (Wildman–Crippen LogP) is 3.23. The minimum Gasteiger partial charge on any atom is -0.462 e. The molecule has 1 unspecified atom stereocenters. The fourth-order valence-electron chi connectivity index (χ4n) is 1.11. The third-order valence-electron chi connectivity index (χ3n) is 2.41. The molecule has 0 spiro atoms. The molecule has 0 saturated carbocycles.